The number of ether oxygens (including phenoxy) is 1. The van der Waals surface area contributed by atoms with E-state index in [1.54, 1.807) is 30.3 Å². The summed E-state index contributed by atoms with van der Waals surface area (Å²) in [6.45, 7) is 3.76. The van der Waals surface area contributed by atoms with Gasteiger partial charge in [-0.15, -0.1) is 0 Å². The summed E-state index contributed by atoms with van der Waals surface area (Å²) < 4.78 is 5.62. The second-order valence-corrected chi connectivity index (χ2v) is 6.52. The van der Waals surface area contributed by atoms with Crippen molar-refractivity contribution >= 4 is 29.0 Å². The highest BCUT2D eigenvalue weighted by atomic mass is 35.5. The summed E-state index contributed by atoms with van der Waals surface area (Å²) in [4.78, 5) is 30.9. The fraction of sp³-hybridized carbons (Fsp3) is 0.105. The topological polar surface area (TPSA) is 119 Å². The molecule has 0 saturated heterocycles. The number of hydrazine groups is 1. The highest BCUT2D eigenvalue weighted by Crippen LogP contribution is 2.34. The van der Waals surface area contributed by atoms with Crippen LogP contribution in [0.25, 0.3) is 0 Å². The van der Waals surface area contributed by atoms with Crippen molar-refractivity contribution in [2.45, 2.75) is 13.8 Å². The fourth-order valence-corrected chi connectivity index (χ4v) is 2.85. The smallest absolute Gasteiger partial charge is 0.374 e. The van der Waals surface area contributed by atoms with Gasteiger partial charge in [-0.25, -0.2) is 4.98 Å². The van der Waals surface area contributed by atoms with Crippen molar-refractivity contribution in [1.29, 1.82) is 0 Å². The lowest BCUT2D eigenvalue weighted by Crippen LogP contribution is -2.30. The summed E-state index contributed by atoms with van der Waals surface area (Å²) >= 11 is 5.98. The minimum absolute atomic E-state index is 0.199. The van der Waals surface area contributed by atoms with Gasteiger partial charge in [-0.3, -0.25) is 25.8 Å². The Kier molecular flexibility index (Phi) is 5.89. The number of nitrogens with zero attached hydrogens (tertiary/aromatic N) is 3. The minimum atomic E-state index is -0.692. The van der Waals surface area contributed by atoms with Gasteiger partial charge in [0, 0.05) is 0 Å². The van der Waals surface area contributed by atoms with Gasteiger partial charge in [-0.2, -0.15) is 4.98 Å². The number of nitrogens with one attached hydrogen (secondary N) is 2. The maximum Gasteiger partial charge on any atom is 0.374 e. The van der Waals surface area contributed by atoms with E-state index in [2.05, 4.69) is 20.8 Å². The van der Waals surface area contributed by atoms with Crippen molar-refractivity contribution in [2.24, 2.45) is 0 Å². The van der Waals surface area contributed by atoms with Crippen molar-refractivity contribution < 1.29 is 14.5 Å². The Labute approximate surface area is 170 Å². The first-order chi connectivity index (χ1) is 13.8. The standard InChI is InChI=1S/C19H16ClN5O4/c1-11-7-12(2)9-13(8-11)29-19-16(25(27)28)17(21-10-22-19)23-24-18(26)14-5-3-4-6-15(14)20/h3-10H,1-2H3,(H,24,26)(H,21,22,23). The molecule has 0 atom stereocenters. The second kappa shape index (κ2) is 8.53. The Hall–Kier alpha value is -3.72. The van der Waals surface area contributed by atoms with Gasteiger partial charge in [0.05, 0.1) is 15.5 Å². The van der Waals surface area contributed by atoms with E-state index in [1.807, 2.05) is 19.9 Å². The highest BCUT2D eigenvalue weighted by molar-refractivity contribution is 6.33. The lowest BCUT2D eigenvalue weighted by atomic mass is 10.1. The summed E-state index contributed by atoms with van der Waals surface area (Å²) in [5, 5.41) is 11.8. The van der Waals surface area contributed by atoms with Crippen LogP contribution in [0.1, 0.15) is 21.5 Å². The maximum atomic E-state index is 12.3. The largest absolute Gasteiger partial charge is 0.434 e. The van der Waals surface area contributed by atoms with Crippen LogP contribution in [0.2, 0.25) is 5.02 Å². The first kappa shape index (κ1) is 20.0. The first-order valence-electron chi connectivity index (χ1n) is 8.41. The van der Waals surface area contributed by atoms with Crippen LogP contribution in [-0.2, 0) is 0 Å². The van der Waals surface area contributed by atoms with E-state index in [1.165, 1.54) is 6.07 Å². The van der Waals surface area contributed by atoms with E-state index < -0.39 is 16.5 Å². The number of hydrogen-bond acceptors (Lipinski definition) is 7. The van der Waals surface area contributed by atoms with Crippen LogP contribution < -0.4 is 15.6 Å². The van der Waals surface area contributed by atoms with Gasteiger partial charge in [-0.05, 0) is 49.2 Å². The summed E-state index contributed by atoms with van der Waals surface area (Å²) in [6.07, 6.45) is 1.09. The Bertz CT molecular complexity index is 1070. The molecule has 2 aromatic carbocycles. The zero-order valence-corrected chi connectivity index (χ0v) is 16.2. The molecular formula is C19H16ClN5O4. The number of rotatable bonds is 6. The number of aromatic nitrogens is 2. The maximum absolute atomic E-state index is 12.3. The molecule has 0 radical (unpaired) electrons. The molecule has 2 N–H and O–H groups in total. The average Bonchev–Trinajstić information content (AvgIpc) is 2.65. The van der Waals surface area contributed by atoms with Crippen LogP contribution in [0.3, 0.4) is 0 Å². The summed E-state index contributed by atoms with van der Waals surface area (Å²) in [6, 6.07) is 11.8. The molecule has 0 aliphatic carbocycles. The summed E-state index contributed by atoms with van der Waals surface area (Å²) in [5.41, 5.74) is 6.32. The van der Waals surface area contributed by atoms with Gasteiger partial charge in [0.15, 0.2) is 0 Å². The molecule has 0 fully saturated rings. The van der Waals surface area contributed by atoms with Gasteiger partial charge in [0.1, 0.15) is 12.1 Å². The number of benzene rings is 2. The molecule has 0 spiro atoms. The fourth-order valence-electron chi connectivity index (χ4n) is 2.63. The van der Waals surface area contributed by atoms with E-state index in [9.17, 15) is 14.9 Å². The second-order valence-electron chi connectivity index (χ2n) is 6.12. The molecule has 0 aliphatic rings. The molecule has 29 heavy (non-hydrogen) atoms. The number of aryl methyl sites for hydroxylation is 2. The molecule has 1 heterocycles. The van der Waals surface area contributed by atoms with Crippen molar-refractivity contribution in [3.8, 4) is 11.6 Å². The van der Waals surface area contributed by atoms with E-state index in [0.29, 0.717) is 5.75 Å². The Balaban J connectivity index is 1.86. The molecule has 0 saturated carbocycles. The molecule has 0 unspecified atom stereocenters. The molecule has 1 aromatic heterocycles. The van der Waals surface area contributed by atoms with Crippen LogP contribution in [-0.4, -0.2) is 20.8 Å². The number of anilines is 1. The summed E-state index contributed by atoms with van der Waals surface area (Å²) in [5.74, 6) is -0.676. The highest BCUT2D eigenvalue weighted by Gasteiger charge is 2.26. The number of hydrogen-bond donors (Lipinski definition) is 2. The Morgan fingerprint density at radius 2 is 1.83 bits per heavy atom. The van der Waals surface area contributed by atoms with Crippen LogP contribution in [0.5, 0.6) is 11.6 Å². The lowest BCUT2D eigenvalue weighted by molar-refractivity contribution is -0.385. The molecule has 148 valence electrons. The van der Waals surface area contributed by atoms with Crippen molar-refractivity contribution in [2.75, 3.05) is 5.43 Å². The number of carbonyl (C=O) groups is 1. The molecular weight excluding hydrogens is 398 g/mol. The monoisotopic (exact) mass is 413 g/mol. The zero-order valence-electron chi connectivity index (χ0n) is 15.5. The third-order valence-corrected chi connectivity index (χ3v) is 4.12. The van der Waals surface area contributed by atoms with Gasteiger partial charge in [-0.1, -0.05) is 29.8 Å². The predicted octanol–water partition coefficient (Wildman–Crippen LogP) is 4.20. The third kappa shape index (κ3) is 4.77. The third-order valence-electron chi connectivity index (χ3n) is 3.79. The van der Waals surface area contributed by atoms with Crippen LogP contribution >= 0.6 is 11.6 Å². The molecule has 0 bridgehead atoms. The van der Waals surface area contributed by atoms with Crippen molar-refractivity contribution in [3.63, 3.8) is 0 Å². The first-order valence-corrected chi connectivity index (χ1v) is 8.79. The van der Waals surface area contributed by atoms with Crippen LogP contribution in [0, 0.1) is 24.0 Å². The van der Waals surface area contributed by atoms with E-state index in [0.717, 1.165) is 17.5 Å². The Morgan fingerprint density at radius 3 is 2.48 bits per heavy atom. The molecule has 9 nitrogen and oxygen atoms in total. The van der Waals surface area contributed by atoms with Gasteiger partial charge in [0.25, 0.3) is 5.91 Å². The Morgan fingerprint density at radius 1 is 1.14 bits per heavy atom. The van der Waals surface area contributed by atoms with E-state index in [-0.39, 0.29) is 22.3 Å². The number of amides is 1. The molecule has 10 heteroatoms. The normalized spacial score (nSPS) is 10.3. The predicted molar refractivity (Wildman–Crippen MR) is 107 cm³/mol. The van der Waals surface area contributed by atoms with Gasteiger partial charge >= 0.3 is 11.6 Å². The lowest BCUT2D eigenvalue weighted by Gasteiger charge is -2.11. The van der Waals surface area contributed by atoms with Gasteiger partial charge < -0.3 is 4.74 Å². The molecule has 3 rings (SSSR count). The average molecular weight is 414 g/mol. The molecule has 3 aromatic rings. The van der Waals surface area contributed by atoms with Crippen molar-refractivity contribution in [3.05, 3.63) is 80.6 Å². The van der Waals surface area contributed by atoms with E-state index in [4.69, 9.17) is 16.3 Å². The van der Waals surface area contributed by atoms with Crippen molar-refractivity contribution in [1.82, 2.24) is 15.4 Å². The molecule has 0 aliphatic heterocycles. The molecule has 1 amide bonds. The SMILES string of the molecule is Cc1cc(C)cc(Oc2ncnc(NNC(=O)c3ccccc3Cl)c2[N+](=O)[O-])c1. The minimum Gasteiger partial charge on any atom is -0.434 e. The van der Waals surface area contributed by atoms with Crippen LogP contribution in [0.15, 0.2) is 48.8 Å². The van der Waals surface area contributed by atoms with Crippen LogP contribution in [0.4, 0.5) is 11.5 Å². The number of nitro groups is 1. The van der Waals surface area contributed by atoms with Gasteiger partial charge in [0.2, 0.25) is 5.82 Å². The quantitative estimate of drug-likeness (QED) is 0.459. The van der Waals surface area contributed by atoms with E-state index >= 15 is 0 Å². The summed E-state index contributed by atoms with van der Waals surface area (Å²) in [7, 11) is 0. The number of halogens is 1. The number of carbonyl (C=O) groups excluding carboxylic acids is 1. The zero-order chi connectivity index (χ0) is 21.0.